The van der Waals surface area contributed by atoms with Crippen LogP contribution in [0.3, 0.4) is 0 Å². The maximum Gasteiger partial charge on any atom is 0.223 e. The molecule has 0 radical (unpaired) electrons. The monoisotopic (exact) mass is 318 g/mol. The number of aromatic nitrogens is 2. The van der Waals surface area contributed by atoms with Crippen molar-refractivity contribution in [3.8, 4) is 0 Å². The molecule has 1 amide bonds. The zero-order valence-electron chi connectivity index (χ0n) is 12.4. The fourth-order valence-corrected chi connectivity index (χ4v) is 2.66. The molecule has 21 heavy (non-hydrogen) atoms. The highest BCUT2D eigenvalue weighted by Crippen LogP contribution is 2.37. The van der Waals surface area contributed by atoms with Gasteiger partial charge in [-0.2, -0.15) is 4.98 Å². The Bertz CT molecular complexity index is 456. The predicted molar refractivity (Wildman–Crippen MR) is 79.0 cm³/mol. The summed E-state index contributed by atoms with van der Waals surface area (Å²) in [6, 6.07) is 0. The highest BCUT2D eigenvalue weighted by molar-refractivity contribution is 5.85. The first-order valence-corrected chi connectivity index (χ1v) is 6.94. The van der Waals surface area contributed by atoms with Crippen molar-refractivity contribution in [1.82, 2.24) is 15.5 Å². The number of carbonyl (C=O) groups excluding carboxylic acids is 1. The first-order valence-electron chi connectivity index (χ1n) is 6.94. The van der Waals surface area contributed by atoms with Crippen molar-refractivity contribution in [2.45, 2.75) is 50.7 Å². The lowest BCUT2D eigenvalue weighted by Crippen LogP contribution is -2.46. The number of hydrogen-bond acceptors (Lipinski definition) is 6. The lowest BCUT2D eigenvalue weighted by molar-refractivity contribution is -0.125. The van der Waals surface area contributed by atoms with Crippen LogP contribution in [-0.2, 0) is 15.1 Å². The molecule has 1 fully saturated rings. The number of nitrogens with one attached hydrogen (secondary N) is 1. The fraction of sp³-hybridized carbons (Fsp3) is 0.769. The molecule has 1 aliphatic rings. The topological polar surface area (TPSA) is 103 Å². The largest absolute Gasteiger partial charge is 0.380 e. The number of ether oxygens (including phenoxy) is 1. The molecular weight excluding hydrogens is 296 g/mol. The number of nitrogens with zero attached hydrogens (tertiary/aromatic N) is 2. The number of rotatable bonds is 6. The molecule has 3 N–H and O–H groups in total. The van der Waals surface area contributed by atoms with Gasteiger partial charge in [0.05, 0.1) is 12.5 Å². The van der Waals surface area contributed by atoms with Crippen molar-refractivity contribution in [2.24, 2.45) is 5.73 Å². The van der Waals surface area contributed by atoms with Crippen molar-refractivity contribution in [2.75, 3.05) is 13.7 Å². The Morgan fingerprint density at radius 3 is 2.67 bits per heavy atom. The quantitative estimate of drug-likeness (QED) is 0.812. The van der Waals surface area contributed by atoms with Gasteiger partial charge in [-0.1, -0.05) is 18.0 Å². The molecule has 120 valence electrons. The lowest BCUT2D eigenvalue weighted by Gasteiger charge is -2.27. The summed E-state index contributed by atoms with van der Waals surface area (Å²) in [7, 11) is 1.55. The number of amides is 1. The van der Waals surface area contributed by atoms with Gasteiger partial charge < -0.3 is 20.3 Å². The Hall–Kier alpha value is -1.18. The summed E-state index contributed by atoms with van der Waals surface area (Å²) in [5, 5.41) is 7.05. The van der Waals surface area contributed by atoms with Gasteiger partial charge >= 0.3 is 0 Å². The van der Waals surface area contributed by atoms with Crippen LogP contribution in [0, 0.1) is 6.92 Å². The van der Waals surface area contributed by atoms with Crippen LogP contribution < -0.4 is 11.1 Å². The third kappa shape index (κ3) is 4.15. The van der Waals surface area contributed by atoms with Gasteiger partial charge in [0.1, 0.15) is 5.54 Å². The van der Waals surface area contributed by atoms with Gasteiger partial charge in [0, 0.05) is 20.6 Å². The molecule has 8 heteroatoms. The minimum atomic E-state index is -0.498. The van der Waals surface area contributed by atoms with Gasteiger partial charge in [-0.05, 0) is 12.8 Å². The molecular formula is C13H23ClN4O3. The lowest BCUT2D eigenvalue weighted by atomic mass is 9.96. The minimum Gasteiger partial charge on any atom is -0.380 e. The third-order valence-electron chi connectivity index (χ3n) is 3.80. The van der Waals surface area contributed by atoms with E-state index >= 15 is 0 Å². The molecule has 7 nitrogen and oxygen atoms in total. The fourth-order valence-electron chi connectivity index (χ4n) is 2.66. The van der Waals surface area contributed by atoms with E-state index in [1.165, 1.54) is 0 Å². The van der Waals surface area contributed by atoms with Crippen molar-refractivity contribution < 1.29 is 14.1 Å². The van der Waals surface area contributed by atoms with Gasteiger partial charge in [0.2, 0.25) is 11.8 Å². The molecule has 0 aromatic carbocycles. The number of nitrogens with two attached hydrogens (primary N) is 1. The van der Waals surface area contributed by atoms with Crippen LogP contribution in [0.25, 0.3) is 0 Å². The van der Waals surface area contributed by atoms with E-state index in [1.807, 2.05) is 0 Å². The zero-order chi connectivity index (χ0) is 14.6. The molecule has 1 aromatic heterocycles. The number of carbonyl (C=O) groups is 1. The summed E-state index contributed by atoms with van der Waals surface area (Å²) >= 11 is 0. The Morgan fingerprint density at radius 1 is 1.52 bits per heavy atom. The van der Waals surface area contributed by atoms with Crippen LogP contribution in [0.5, 0.6) is 0 Å². The van der Waals surface area contributed by atoms with E-state index in [2.05, 4.69) is 15.5 Å². The second-order valence-electron chi connectivity index (χ2n) is 5.27. The normalized spacial score (nSPS) is 18.0. The van der Waals surface area contributed by atoms with Crippen LogP contribution in [0.1, 0.15) is 43.8 Å². The van der Waals surface area contributed by atoms with Gasteiger partial charge in [-0.15, -0.1) is 12.4 Å². The number of hydrogen-bond donors (Lipinski definition) is 2. The molecule has 1 unspecified atom stereocenters. The van der Waals surface area contributed by atoms with Crippen LogP contribution in [0.15, 0.2) is 4.52 Å². The van der Waals surface area contributed by atoms with Crippen LogP contribution in [0.4, 0.5) is 0 Å². The van der Waals surface area contributed by atoms with E-state index in [0.717, 1.165) is 25.7 Å². The Balaban J connectivity index is 0.00000220. The van der Waals surface area contributed by atoms with Crippen molar-refractivity contribution >= 4 is 18.3 Å². The average Bonchev–Trinajstić information content (AvgIpc) is 3.06. The molecule has 1 saturated carbocycles. The molecule has 1 aliphatic carbocycles. The first-order chi connectivity index (χ1) is 9.59. The highest BCUT2D eigenvalue weighted by Gasteiger charge is 2.41. The van der Waals surface area contributed by atoms with Crippen molar-refractivity contribution in [1.29, 1.82) is 0 Å². The van der Waals surface area contributed by atoms with Gasteiger partial charge in [-0.3, -0.25) is 4.79 Å². The van der Waals surface area contributed by atoms with Gasteiger partial charge in [0.25, 0.3) is 0 Å². The summed E-state index contributed by atoms with van der Waals surface area (Å²) in [6.07, 6.45) is 3.72. The molecule has 0 aliphatic heterocycles. The molecule has 2 rings (SSSR count). The van der Waals surface area contributed by atoms with E-state index in [9.17, 15) is 4.79 Å². The second-order valence-corrected chi connectivity index (χ2v) is 5.27. The van der Waals surface area contributed by atoms with Gasteiger partial charge in [0.15, 0.2) is 5.82 Å². The summed E-state index contributed by atoms with van der Waals surface area (Å²) < 4.78 is 10.2. The van der Waals surface area contributed by atoms with E-state index in [4.69, 9.17) is 15.0 Å². The maximum atomic E-state index is 12.2. The third-order valence-corrected chi connectivity index (χ3v) is 3.80. The highest BCUT2D eigenvalue weighted by atomic mass is 35.5. The second kappa shape index (κ2) is 7.72. The van der Waals surface area contributed by atoms with E-state index in [-0.39, 0.29) is 30.8 Å². The van der Waals surface area contributed by atoms with Crippen LogP contribution in [0.2, 0.25) is 0 Å². The van der Waals surface area contributed by atoms with Crippen LogP contribution in [-0.4, -0.2) is 35.8 Å². The van der Waals surface area contributed by atoms with Crippen molar-refractivity contribution in [3.05, 3.63) is 11.7 Å². The Labute approximate surface area is 130 Å². The van der Waals surface area contributed by atoms with Crippen LogP contribution >= 0.6 is 12.4 Å². The molecule has 0 saturated heterocycles. The summed E-state index contributed by atoms with van der Waals surface area (Å²) in [5.41, 5.74) is 5.04. The molecule has 0 spiro atoms. The summed E-state index contributed by atoms with van der Waals surface area (Å²) in [5.74, 6) is 0.992. The Kier molecular flexibility index (Phi) is 6.57. The smallest absolute Gasteiger partial charge is 0.223 e. The number of aryl methyl sites for hydroxylation is 1. The Morgan fingerprint density at radius 2 is 2.19 bits per heavy atom. The molecule has 1 aromatic rings. The predicted octanol–water partition coefficient (Wildman–Crippen LogP) is 1.05. The number of halogens is 1. The maximum absolute atomic E-state index is 12.2. The minimum absolute atomic E-state index is 0. The van der Waals surface area contributed by atoms with Gasteiger partial charge in [-0.25, -0.2) is 0 Å². The van der Waals surface area contributed by atoms with E-state index < -0.39 is 5.54 Å². The average molecular weight is 319 g/mol. The molecule has 0 bridgehead atoms. The number of methoxy groups -OCH3 is 1. The molecule has 1 atom stereocenters. The summed E-state index contributed by atoms with van der Waals surface area (Å²) in [4.78, 5) is 16.5. The first kappa shape index (κ1) is 17.9. The van der Waals surface area contributed by atoms with E-state index in [1.54, 1.807) is 14.0 Å². The van der Waals surface area contributed by atoms with Crippen molar-refractivity contribution in [3.63, 3.8) is 0 Å². The standard InChI is InChI=1S/C13H22N4O3.ClH/c1-9-15-12(17-20-9)13(5-3-4-6-13)16-11(18)7-10(8-14)19-2;/h10H,3-8,14H2,1-2H3,(H,16,18);1H. The SMILES string of the molecule is COC(CN)CC(=O)NC1(c2noc(C)n2)CCCC1.Cl. The summed E-state index contributed by atoms with van der Waals surface area (Å²) in [6.45, 7) is 2.06. The molecule has 1 heterocycles. The van der Waals surface area contributed by atoms with E-state index in [0.29, 0.717) is 18.3 Å². The zero-order valence-corrected chi connectivity index (χ0v) is 13.2.